The van der Waals surface area contributed by atoms with Gasteiger partial charge in [-0.15, -0.1) is 0 Å². The molecule has 8 aromatic carbocycles. The second-order valence-corrected chi connectivity index (χ2v) is 15.4. The molecular formula is C50H32N4S. The minimum atomic E-state index is 0.0651. The molecule has 4 nitrogen and oxygen atoms in total. The van der Waals surface area contributed by atoms with E-state index in [9.17, 15) is 0 Å². The van der Waals surface area contributed by atoms with Gasteiger partial charge in [-0.1, -0.05) is 145 Å². The number of fused-ring (bicyclic) bond motifs is 11. The zero-order valence-corrected chi connectivity index (χ0v) is 30.5. The number of nitrogens with zero attached hydrogens (tertiary/aromatic N) is 3. The molecule has 5 heteroatoms. The SMILES string of the molecule is C1=CC2NC(n3c4ccc(-c5ccc6c(c5)c5c7ccccc7ccc5n6-c5ccccc5)cc4c4ccc5ccccc5c43)=NC(c3ccccc3)=C2S1. The van der Waals surface area contributed by atoms with Gasteiger partial charge < -0.3 is 9.88 Å². The molecule has 0 saturated heterocycles. The zero-order chi connectivity index (χ0) is 36.0. The molecule has 2 aliphatic rings. The normalized spacial score (nSPS) is 15.5. The van der Waals surface area contributed by atoms with Crippen LogP contribution in [0.15, 0.2) is 191 Å². The lowest BCUT2D eigenvalue weighted by Crippen LogP contribution is -2.40. The third kappa shape index (κ3) is 4.57. The Morgan fingerprint density at radius 1 is 0.491 bits per heavy atom. The predicted octanol–water partition coefficient (Wildman–Crippen LogP) is 12.7. The van der Waals surface area contributed by atoms with Gasteiger partial charge in [-0.2, -0.15) is 0 Å². The summed E-state index contributed by atoms with van der Waals surface area (Å²) >= 11 is 1.76. The van der Waals surface area contributed by atoms with Gasteiger partial charge in [0.25, 0.3) is 0 Å². The first-order valence-electron chi connectivity index (χ1n) is 18.7. The molecule has 0 fully saturated rings. The van der Waals surface area contributed by atoms with Crippen molar-refractivity contribution in [3.63, 3.8) is 0 Å². The Morgan fingerprint density at radius 2 is 1.13 bits per heavy atom. The fourth-order valence-electron chi connectivity index (χ4n) is 8.92. The third-order valence-electron chi connectivity index (χ3n) is 11.4. The summed E-state index contributed by atoms with van der Waals surface area (Å²) in [4.78, 5) is 6.66. The second-order valence-electron chi connectivity index (χ2n) is 14.4. The van der Waals surface area contributed by atoms with Gasteiger partial charge in [-0.25, -0.2) is 4.99 Å². The fraction of sp³-hybridized carbons (Fsp3) is 0.0200. The first-order valence-corrected chi connectivity index (χ1v) is 19.6. The van der Waals surface area contributed by atoms with Crippen LogP contribution in [0.2, 0.25) is 0 Å². The summed E-state index contributed by atoms with van der Waals surface area (Å²) in [6.45, 7) is 0. The van der Waals surface area contributed by atoms with Gasteiger partial charge in [-0.3, -0.25) is 4.57 Å². The van der Waals surface area contributed by atoms with Crippen LogP contribution in [0.25, 0.3) is 87.7 Å². The number of nitrogens with one attached hydrogen (secondary N) is 1. The number of rotatable bonds is 3. The highest BCUT2D eigenvalue weighted by Crippen LogP contribution is 2.43. The standard InChI is InChI=1S/C50H32N4S/c1-3-13-33(14-4-1)47-49-42(27-28-55-49)51-50(52-47)54-43-24-21-34(29-40(43)39-23-19-32-12-8-10-18-38(32)48(39)54)35-22-25-44-41(30-35)46-37-17-9-7-11-31(37)20-26-45(46)53(44)36-15-5-2-6-16-36/h1-30,42H,(H,51,52). The van der Waals surface area contributed by atoms with Crippen molar-refractivity contribution in [2.75, 3.05) is 0 Å². The zero-order valence-electron chi connectivity index (χ0n) is 29.6. The summed E-state index contributed by atoms with van der Waals surface area (Å²) in [5, 5.41) is 15.9. The second kappa shape index (κ2) is 11.8. The number of aliphatic imine (C=N–C) groups is 1. The number of benzene rings is 8. The van der Waals surface area contributed by atoms with Gasteiger partial charge in [-0.05, 0) is 75.2 Å². The smallest absolute Gasteiger partial charge is 0.209 e. The number of hydrogen-bond acceptors (Lipinski definition) is 3. The van der Waals surface area contributed by atoms with Crippen molar-refractivity contribution in [1.29, 1.82) is 0 Å². The predicted molar refractivity (Wildman–Crippen MR) is 234 cm³/mol. The van der Waals surface area contributed by atoms with Crippen LogP contribution in [0.3, 0.4) is 0 Å². The molecular weight excluding hydrogens is 689 g/mol. The van der Waals surface area contributed by atoms with E-state index < -0.39 is 0 Å². The fourth-order valence-corrected chi connectivity index (χ4v) is 9.87. The number of aromatic nitrogens is 2. The van der Waals surface area contributed by atoms with Gasteiger partial charge in [0.05, 0.1) is 33.8 Å². The first kappa shape index (κ1) is 30.6. The minimum absolute atomic E-state index is 0.0651. The summed E-state index contributed by atoms with van der Waals surface area (Å²) in [5.41, 5.74) is 10.4. The van der Waals surface area contributed by atoms with Crippen molar-refractivity contribution in [3.8, 4) is 16.8 Å². The lowest BCUT2D eigenvalue weighted by molar-refractivity contribution is 0.834. The van der Waals surface area contributed by atoms with E-state index in [1.165, 1.54) is 70.2 Å². The number of para-hydroxylation sites is 1. The van der Waals surface area contributed by atoms with E-state index in [4.69, 9.17) is 4.99 Å². The summed E-state index contributed by atoms with van der Waals surface area (Å²) in [5.74, 6) is 0.839. The van der Waals surface area contributed by atoms with Crippen molar-refractivity contribution in [2.45, 2.75) is 6.04 Å². The van der Waals surface area contributed by atoms with Gasteiger partial charge in [0.2, 0.25) is 5.96 Å². The summed E-state index contributed by atoms with van der Waals surface area (Å²) < 4.78 is 4.76. The highest BCUT2D eigenvalue weighted by Gasteiger charge is 2.30. The summed E-state index contributed by atoms with van der Waals surface area (Å²) in [6, 6.07) is 61.8. The van der Waals surface area contributed by atoms with Crippen LogP contribution in [0, 0.1) is 0 Å². The van der Waals surface area contributed by atoms with Gasteiger partial charge in [0, 0.05) is 43.1 Å². The molecule has 258 valence electrons. The molecule has 1 N–H and O–H groups in total. The monoisotopic (exact) mass is 720 g/mol. The lowest BCUT2D eigenvalue weighted by Gasteiger charge is -2.25. The molecule has 0 saturated carbocycles. The van der Waals surface area contributed by atoms with Gasteiger partial charge >= 0.3 is 0 Å². The molecule has 0 bridgehead atoms. The molecule has 0 spiro atoms. The minimum Gasteiger partial charge on any atom is -0.344 e. The highest BCUT2D eigenvalue weighted by molar-refractivity contribution is 8.06. The molecule has 1 unspecified atom stereocenters. The lowest BCUT2D eigenvalue weighted by atomic mass is 9.98. The Labute approximate surface area is 321 Å². The third-order valence-corrected chi connectivity index (χ3v) is 12.4. The van der Waals surface area contributed by atoms with Crippen molar-refractivity contribution in [1.82, 2.24) is 14.5 Å². The molecule has 4 heterocycles. The molecule has 0 aliphatic carbocycles. The van der Waals surface area contributed by atoms with Crippen molar-refractivity contribution < 1.29 is 0 Å². The van der Waals surface area contributed by atoms with Crippen LogP contribution in [0.4, 0.5) is 0 Å². The van der Waals surface area contributed by atoms with E-state index in [0.29, 0.717) is 0 Å². The average molecular weight is 721 g/mol. The van der Waals surface area contributed by atoms with E-state index in [1.807, 2.05) is 0 Å². The maximum atomic E-state index is 5.43. The van der Waals surface area contributed by atoms with E-state index in [1.54, 1.807) is 11.8 Å². The van der Waals surface area contributed by atoms with E-state index in [0.717, 1.165) is 33.9 Å². The van der Waals surface area contributed by atoms with E-state index in [-0.39, 0.29) is 6.04 Å². The van der Waals surface area contributed by atoms with Crippen LogP contribution in [-0.2, 0) is 0 Å². The Balaban J connectivity index is 1.10. The molecule has 2 aromatic heterocycles. The van der Waals surface area contributed by atoms with E-state index >= 15 is 0 Å². The van der Waals surface area contributed by atoms with Gasteiger partial charge in [0.1, 0.15) is 0 Å². The maximum Gasteiger partial charge on any atom is 0.209 e. The van der Waals surface area contributed by atoms with Crippen molar-refractivity contribution >= 4 is 88.6 Å². The summed E-state index contributed by atoms with van der Waals surface area (Å²) in [6.07, 6.45) is 2.25. The van der Waals surface area contributed by atoms with Crippen molar-refractivity contribution in [3.05, 3.63) is 192 Å². The number of thioether (sulfide) groups is 1. The topological polar surface area (TPSA) is 34.2 Å². The molecule has 10 aromatic rings. The Bertz CT molecular complexity index is 3310. The average Bonchev–Trinajstić information content (AvgIpc) is 3.96. The highest BCUT2D eigenvalue weighted by atomic mass is 32.2. The largest absolute Gasteiger partial charge is 0.344 e. The van der Waals surface area contributed by atoms with Crippen LogP contribution >= 0.6 is 11.8 Å². The summed E-state index contributed by atoms with van der Waals surface area (Å²) in [7, 11) is 0. The maximum absolute atomic E-state index is 5.43. The molecule has 0 radical (unpaired) electrons. The van der Waals surface area contributed by atoms with Gasteiger partial charge in [0.15, 0.2) is 0 Å². The molecule has 0 amide bonds. The van der Waals surface area contributed by atoms with Crippen LogP contribution in [0.1, 0.15) is 5.56 Å². The van der Waals surface area contributed by atoms with Crippen LogP contribution in [0.5, 0.6) is 0 Å². The Morgan fingerprint density at radius 3 is 1.93 bits per heavy atom. The van der Waals surface area contributed by atoms with Crippen LogP contribution < -0.4 is 5.32 Å². The molecule has 1 atom stereocenters. The molecule has 2 aliphatic heterocycles. The quantitative estimate of drug-likeness (QED) is 0.197. The number of hydrogen-bond donors (Lipinski definition) is 1. The van der Waals surface area contributed by atoms with E-state index in [2.05, 4.69) is 196 Å². The van der Waals surface area contributed by atoms with Crippen LogP contribution in [-0.4, -0.2) is 21.1 Å². The Kier molecular flexibility index (Phi) is 6.59. The Hall–Kier alpha value is -6.82. The first-order chi connectivity index (χ1) is 27.3. The molecule has 12 rings (SSSR count). The van der Waals surface area contributed by atoms with Crippen molar-refractivity contribution in [2.24, 2.45) is 4.99 Å². The molecule has 55 heavy (non-hydrogen) atoms.